The molecule has 1 unspecified atom stereocenters. The number of benzene rings is 1. The van der Waals surface area contributed by atoms with Gasteiger partial charge < -0.3 is 4.74 Å². The Labute approximate surface area is 114 Å². The summed E-state index contributed by atoms with van der Waals surface area (Å²) >= 11 is 6.10. The number of hydrogen-bond donors (Lipinski definition) is 0. The van der Waals surface area contributed by atoms with Crippen molar-refractivity contribution >= 4 is 17.6 Å². The van der Waals surface area contributed by atoms with E-state index >= 15 is 0 Å². The fourth-order valence-electron chi connectivity index (χ4n) is 1.46. The molecule has 0 fully saturated rings. The molecule has 0 aliphatic heterocycles. The topological polar surface area (TPSA) is 26.3 Å². The Balaban J connectivity index is 2.54. The summed E-state index contributed by atoms with van der Waals surface area (Å²) in [6, 6.07) is 7.30. The SMILES string of the molecule is C=C(C(=O)Oc1ccc(C)cc1)C(Cl)CCCC. The molecule has 0 bridgehead atoms. The molecule has 0 aliphatic rings. The Morgan fingerprint density at radius 2 is 2.00 bits per heavy atom. The molecule has 1 aromatic rings. The Morgan fingerprint density at radius 1 is 1.39 bits per heavy atom. The van der Waals surface area contributed by atoms with Crippen LogP contribution in [0.5, 0.6) is 5.75 Å². The molecule has 0 spiro atoms. The molecule has 0 saturated heterocycles. The maximum absolute atomic E-state index is 11.8. The Hall–Kier alpha value is -1.28. The van der Waals surface area contributed by atoms with Gasteiger partial charge in [0, 0.05) is 5.57 Å². The molecule has 0 aromatic heterocycles. The van der Waals surface area contributed by atoms with Crippen LogP contribution in [-0.4, -0.2) is 11.3 Å². The van der Waals surface area contributed by atoms with E-state index in [-0.39, 0.29) is 5.38 Å². The molecule has 0 saturated carbocycles. The second-order valence-corrected chi connectivity index (χ2v) is 4.86. The van der Waals surface area contributed by atoms with E-state index in [1.165, 1.54) is 0 Å². The van der Waals surface area contributed by atoms with Crippen molar-refractivity contribution in [2.45, 2.75) is 38.5 Å². The lowest BCUT2D eigenvalue weighted by atomic mass is 10.1. The average molecular weight is 267 g/mol. The smallest absolute Gasteiger partial charge is 0.340 e. The fourth-order valence-corrected chi connectivity index (χ4v) is 1.71. The third-order valence-electron chi connectivity index (χ3n) is 2.68. The van der Waals surface area contributed by atoms with Crippen LogP contribution in [0.3, 0.4) is 0 Å². The zero-order valence-corrected chi connectivity index (χ0v) is 11.7. The lowest BCUT2D eigenvalue weighted by Gasteiger charge is -2.11. The van der Waals surface area contributed by atoms with E-state index in [9.17, 15) is 4.79 Å². The maximum atomic E-state index is 11.8. The van der Waals surface area contributed by atoms with Gasteiger partial charge in [0.25, 0.3) is 0 Å². The quantitative estimate of drug-likeness (QED) is 0.333. The Bertz CT molecular complexity index is 409. The van der Waals surface area contributed by atoms with Crippen molar-refractivity contribution in [3.8, 4) is 5.75 Å². The predicted molar refractivity (Wildman–Crippen MR) is 75.1 cm³/mol. The summed E-state index contributed by atoms with van der Waals surface area (Å²) in [5.74, 6) is 0.0704. The van der Waals surface area contributed by atoms with Gasteiger partial charge in [-0.15, -0.1) is 11.6 Å². The van der Waals surface area contributed by atoms with E-state index in [0.29, 0.717) is 11.3 Å². The van der Waals surface area contributed by atoms with E-state index in [2.05, 4.69) is 13.5 Å². The minimum absolute atomic E-state index is 0.325. The van der Waals surface area contributed by atoms with Gasteiger partial charge in [-0.1, -0.05) is 44.0 Å². The molecular weight excluding hydrogens is 248 g/mol. The van der Waals surface area contributed by atoms with Crippen molar-refractivity contribution in [2.75, 3.05) is 0 Å². The molecule has 0 N–H and O–H groups in total. The number of halogens is 1. The first-order valence-electron chi connectivity index (χ1n) is 6.16. The monoisotopic (exact) mass is 266 g/mol. The molecule has 0 amide bonds. The van der Waals surface area contributed by atoms with Gasteiger partial charge in [0.15, 0.2) is 0 Å². The summed E-state index contributed by atoms with van der Waals surface area (Å²) < 4.78 is 5.21. The number of hydrogen-bond acceptors (Lipinski definition) is 2. The first-order chi connectivity index (χ1) is 8.54. The van der Waals surface area contributed by atoms with Crippen LogP contribution < -0.4 is 4.74 Å². The molecule has 3 heteroatoms. The first kappa shape index (κ1) is 14.8. The van der Waals surface area contributed by atoms with Gasteiger partial charge in [-0.25, -0.2) is 4.79 Å². The van der Waals surface area contributed by atoms with E-state index in [1.807, 2.05) is 19.1 Å². The fraction of sp³-hybridized carbons (Fsp3) is 0.400. The van der Waals surface area contributed by atoms with Gasteiger partial charge in [-0.2, -0.15) is 0 Å². The van der Waals surface area contributed by atoms with Crippen LogP contribution >= 0.6 is 11.6 Å². The van der Waals surface area contributed by atoms with Crippen LogP contribution in [-0.2, 0) is 4.79 Å². The first-order valence-corrected chi connectivity index (χ1v) is 6.60. The highest BCUT2D eigenvalue weighted by Gasteiger charge is 2.18. The number of carbonyl (C=O) groups excluding carboxylic acids is 1. The van der Waals surface area contributed by atoms with Crippen molar-refractivity contribution in [1.29, 1.82) is 0 Å². The third-order valence-corrected chi connectivity index (χ3v) is 3.16. The molecule has 2 nitrogen and oxygen atoms in total. The highest BCUT2D eigenvalue weighted by molar-refractivity contribution is 6.25. The zero-order chi connectivity index (χ0) is 13.5. The summed E-state index contributed by atoms with van der Waals surface area (Å²) in [5.41, 5.74) is 1.44. The second kappa shape index (κ2) is 7.22. The highest BCUT2D eigenvalue weighted by atomic mass is 35.5. The van der Waals surface area contributed by atoms with E-state index in [4.69, 9.17) is 16.3 Å². The van der Waals surface area contributed by atoms with E-state index in [1.54, 1.807) is 12.1 Å². The Kier molecular flexibility index (Phi) is 5.93. The standard InChI is InChI=1S/C15H19ClO2/c1-4-5-6-14(16)12(3)15(17)18-13-9-7-11(2)8-10-13/h7-10,14H,3-6H2,1-2H3. The van der Waals surface area contributed by atoms with Crippen LogP contribution in [0.15, 0.2) is 36.4 Å². The largest absolute Gasteiger partial charge is 0.423 e. The number of rotatable bonds is 6. The second-order valence-electron chi connectivity index (χ2n) is 4.34. The van der Waals surface area contributed by atoms with Crippen LogP contribution in [0, 0.1) is 6.92 Å². The minimum atomic E-state index is -0.449. The summed E-state index contributed by atoms with van der Waals surface area (Å²) in [6.45, 7) is 7.77. The molecule has 0 heterocycles. The van der Waals surface area contributed by atoms with Crippen LogP contribution in [0.2, 0.25) is 0 Å². The van der Waals surface area contributed by atoms with Crippen molar-refractivity contribution in [3.05, 3.63) is 42.0 Å². The summed E-state index contributed by atoms with van der Waals surface area (Å²) in [4.78, 5) is 11.8. The van der Waals surface area contributed by atoms with Gasteiger partial charge in [0.05, 0.1) is 5.38 Å². The van der Waals surface area contributed by atoms with Crippen molar-refractivity contribution in [1.82, 2.24) is 0 Å². The number of carbonyl (C=O) groups is 1. The van der Waals surface area contributed by atoms with Gasteiger partial charge in [0.2, 0.25) is 0 Å². The number of esters is 1. The maximum Gasteiger partial charge on any atom is 0.340 e. The van der Waals surface area contributed by atoms with Gasteiger partial charge in [-0.3, -0.25) is 0 Å². The highest BCUT2D eigenvalue weighted by Crippen LogP contribution is 2.19. The van der Waals surface area contributed by atoms with Crippen molar-refractivity contribution < 1.29 is 9.53 Å². The molecule has 0 aliphatic carbocycles. The number of aryl methyl sites for hydroxylation is 1. The van der Waals surface area contributed by atoms with Gasteiger partial charge in [-0.05, 0) is 25.5 Å². The third kappa shape index (κ3) is 4.53. The van der Waals surface area contributed by atoms with E-state index < -0.39 is 5.97 Å². The van der Waals surface area contributed by atoms with Crippen LogP contribution in [0.4, 0.5) is 0 Å². The number of unbranched alkanes of at least 4 members (excludes halogenated alkanes) is 1. The number of ether oxygens (including phenoxy) is 1. The summed E-state index contributed by atoms with van der Waals surface area (Å²) in [7, 11) is 0. The van der Waals surface area contributed by atoms with Gasteiger partial charge >= 0.3 is 5.97 Å². The summed E-state index contributed by atoms with van der Waals surface area (Å²) in [6.07, 6.45) is 2.77. The van der Waals surface area contributed by atoms with Crippen LogP contribution in [0.1, 0.15) is 31.7 Å². The lowest BCUT2D eigenvalue weighted by Crippen LogP contribution is -2.17. The number of alkyl halides is 1. The molecule has 0 radical (unpaired) electrons. The van der Waals surface area contributed by atoms with Crippen LogP contribution in [0.25, 0.3) is 0 Å². The molecule has 18 heavy (non-hydrogen) atoms. The normalized spacial score (nSPS) is 11.9. The predicted octanol–water partition coefficient (Wildman–Crippen LogP) is 4.25. The molecule has 1 rings (SSSR count). The molecular formula is C15H19ClO2. The minimum Gasteiger partial charge on any atom is -0.423 e. The Morgan fingerprint density at radius 3 is 2.56 bits per heavy atom. The van der Waals surface area contributed by atoms with Crippen molar-refractivity contribution in [3.63, 3.8) is 0 Å². The average Bonchev–Trinajstić information content (AvgIpc) is 2.37. The molecule has 1 aromatic carbocycles. The van der Waals surface area contributed by atoms with E-state index in [0.717, 1.165) is 24.8 Å². The van der Waals surface area contributed by atoms with Gasteiger partial charge in [0.1, 0.15) is 5.75 Å². The molecule has 98 valence electrons. The lowest BCUT2D eigenvalue weighted by molar-refractivity contribution is -0.130. The summed E-state index contributed by atoms with van der Waals surface area (Å²) in [5, 5.41) is -0.345. The molecule has 1 atom stereocenters. The zero-order valence-electron chi connectivity index (χ0n) is 10.9. The van der Waals surface area contributed by atoms with Crippen molar-refractivity contribution in [2.24, 2.45) is 0 Å².